The second-order valence-electron chi connectivity index (χ2n) is 20.1. The molecule has 17 heteroatoms. The molecule has 358 valence electrons. The van der Waals surface area contributed by atoms with Crippen LogP contribution < -0.4 is 30.9 Å². The summed E-state index contributed by atoms with van der Waals surface area (Å²) < 4.78 is 5.59. The molecule has 68 heavy (non-hydrogen) atoms. The first kappa shape index (κ1) is 46.9. The molecule has 1 saturated carbocycles. The third-order valence-corrected chi connectivity index (χ3v) is 15.4. The Morgan fingerprint density at radius 1 is 0.926 bits per heavy atom. The van der Waals surface area contributed by atoms with Crippen LogP contribution in [0.5, 0.6) is 5.75 Å². The van der Waals surface area contributed by atoms with E-state index in [0.29, 0.717) is 23.9 Å². The SMILES string of the molecule is COc1ccccc1-c1cc(N2CC3CCC(C2)N3c2ncc(C3CCC(CC(=O)N[C@H](C(=O)N4C[C@H](O)C[C@H]4C(=O)NCc4ccc(-c5scnc5C)cc4)C(C)(C)C)CC3)cn2)c(N)nn1. The third kappa shape index (κ3) is 10.00. The summed E-state index contributed by atoms with van der Waals surface area (Å²) in [7, 11) is 1.65. The molecule has 4 fully saturated rings. The number of rotatable bonds is 13. The fourth-order valence-electron chi connectivity index (χ4n) is 10.7. The number of nitrogens with zero attached hydrogens (tertiary/aromatic N) is 8. The number of thiazole rings is 1. The highest BCUT2D eigenvalue weighted by atomic mass is 32.1. The van der Waals surface area contributed by atoms with Gasteiger partial charge in [0.1, 0.15) is 17.8 Å². The molecule has 1 aliphatic carbocycles. The standard InChI is InChI=1S/C51H63N11O5S/c1-30-45(68-29-56-30)34-16-12-32(13-17-34)23-53-48(65)42-21-38(63)28-61(42)49(66)46(51(2,3)4)57-44(64)20-31-10-14-33(15-11-31)35-24-54-50(55-25-35)62-36-18-19-37(62)27-60(26-36)41-22-40(58-59-47(41)52)39-8-6-7-9-43(39)67-5/h6-9,12-13,16-17,22,24-25,29,31,33,36-38,42,46,63H,10-11,14-15,18-21,23,26-28H2,1-5H3,(H2,52,59)(H,53,65)(H,57,64)/t31?,33?,36?,37?,38-,42+,46-/m1/s1. The lowest BCUT2D eigenvalue weighted by Crippen LogP contribution is -2.57. The average molecular weight is 942 g/mol. The van der Waals surface area contributed by atoms with Gasteiger partial charge in [-0.2, -0.15) is 0 Å². The number of hydrogen-bond donors (Lipinski definition) is 4. The summed E-state index contributed by atoms with van der Waals surface area (Å²) in [5.74, 6) is 1.51. The molecule has 2 aromatic carbocycles. The minimum absolute atomic E-state index is 0.0292. The summed E-state index contributed by atoms with van der Waals surface area (Å²) >= 11 is 1.59. The molecule has 9 rings (SSSR count). The minimum Gasteiger partial charge on any atom is -0.496 e. The van der Waals surface area contributed by atoms with Crippen molar-refractivity contribution in [1.82, 2.24) is 40.7 Å². The lowest BCUT2D eigenvalue weighted by molar-refractivity contribution is -0.144. The number of aryl methyl sites for hydroxylation is 1. The number of hydrogen-bond acceptors (Lipinski definition) is 14. The first-order chi connectivity index (χ1) is 32.7. The number of piperazine rings is 1. The molecule has 16 nitrogen and oxygen atoms in total. The molecule has 2 unspecified atom stereocenters. The molecule has 5 aromatic rings. The normalized spacial score (nSPS) is 23.1. The molecule has 3 aromatic heterocycles. The molecule has 5 N–H and O–H groups in total. The zero-order chi connectivity index (χ0) is 47.7. The molecule has 5 atom stereocenters. The minimum atomic E-state index is -0.869. The maximum Gasteiger partial charge on any atom is 0.246 e. The van der Waals surface area contributed by atoms with Gasteiger partial charge in [-0.1, -0.05) is 57.2 Å². The fourth-order valence-corrected chi connectivity index (χ4v) is 11.5. The Balaban J connectivity index is 0.761. The number of aromatic nitrogens is 5. The van der Waals surface area contributed by atoms with Crippen molar-refractivity contribution < 1.29 is 24.2 Å². The summed E-state index contributed by atoms with van der Waals surface area (Å²) in [5, 5.41) is 25.5. The van der Waals surface area contributed by atoms with Crippen molar-refractivity contribution in [2.75, 3.05) is 42.3 Å². The van der Waals surface area contributed by atoms with Crippen LogP contribution in [-0.2, 0) is 20.9 Å². The van der Waals surface area contributed by atoms with Gasteiger partial charge in [-0.15, -0.1) is 21.5 Å². The van der Waals surface area contributed by atoms with Crippen LogP contribution in [0.4, 0.5) is 17.5 Å². The largest absolute Gasteiger partial charge is 0.496 e. The number of anilines is 3. The zero-order valence-corrected chi connectivity index (χ0v) is 40.4. The Morgan fingerprint density at radius 3 is 2.29 bits per heavy atom. The molecule has 2 bridgehead atoms. The number of para-hydroxylation sites is 1. The Hall–Kier alpha value is -6.20. The van der Waals surface area contributed by atoms with Crippen LogP contribution in [0.15, 0.2) is 72.5 Å². The molecule has 3 amide bonds. The number of amides is 3. The molecule has 3 saturated heterocycles. The topological polar surface area (TPSA) is 205 Å². The number of nitrogens with two attached hydrogens (primary N) is 1. The average Bonchev–Trinajstić information content (AvgIpc) is 4.03. The van der Waals surface area contributed by atoms with Crippen LogP contribution in [0.3, 0.4) is 0 Å². The van der Waals surface area contributed by atoms with Crippen molar-refractivity contribution >= 4 is 46.5 Å². The van der Waals surface area contributed by atoms with E-state index in [9.17, 15) is 19.5 Å². The number of methoxy groups -OCH3 is 1. The number of ether oxygens (including phenoxy) is 1. The highest BCUT2D eigenvalue weighted by Gasteiger charge is 2.45. The number of fused-ring (bicyclic) bond motifs is 2. The van der Waals surface area contributed by atoms with E-state index >= 15 is 0 Å². The van der Waals surface area contributed by atoms with Crippen LogP contribution in [0.1, 0.15) is 94.9 Å². The Kier molecular flexibility index (Phi) is 13.7. The van der Waals surface area contributed by atoms with Crippen LogP contribution in [-0.4, -0.2) is 110 Å². The number of nitrogen functional groups attached to an aromatic ring is 1. The van der Waals surface area contributed by atoms with Crippen molar-refractivity contribution in [1.29, 1.82) is 0 Å². The predicted octanol–water partition coefficient (Wildman–Crippen LogP) is 6.29. The molecule has 6 heterocycles. The smallest absolute Gasteiger partial charge is 0.246 e. The van der Waals surface area contributed by atoms with E-state index in [1.165, 1.54) is 4.90 Å². The molecular weight excluding hydrogens is 879 g/mol. The van der Waals surface area contributed by atoms with Crippen molar-refractivity contribution in [3.63, 3.8) is 0 Å². The van der Waals surface area contributed by atoms with Gasteiger partial charge < -0.3 is 40.9 Å². The summed E-state index contributed by atoms with van der Waals surface area (Å²) in [6, 6.07) is 16.5. The molecule has 4 aliphatic rings. The lowest BCUT2D eigenvalue weighted by Gasteiger charge is -2.42. The van der Waals surface area contributed by atoms with Crippen molar-refractivity contribution in [3.05, 3.63) is 89.3 Å². The van der Waals surface area contributed by atoms with Crippen LogP contribution in [0, 0.1) is 18.3 Å². The molecule has 0 spiro atoms. The van der Waals surface area contributed by atoms with Gasteiger partial charge in [-0.05, 0) is 97.6 Å². The van der Waals surface area contributed by atoms with Gasteiger partial charge in [0.25, 0.3) is 0 Å². The molecule has 0 radical (unpaired) electrons. The van der Waals surface area contributed by atoms with Gasteiger partial charge in [0.05, 0.1) is 40.7 Å². The van der Waals surface area contributed by atoms with E-state index in [-0.39, 0.29) is 55.2 Å². The Bertz CT molecular complexity index is 2580. The number of nitrogens with one attached hydrogen (secondary N) is 2. The maximum absolute atomic E-state index is 14.2. The number of β-amino-alcohol motifs (C(OH)–C–C–N with tert-alkyl or cyclic N) is 1. The Morgan fingerprint density at radius 2 is 1.63 bits per heavy atom. The van der Waals surface area contributed by atoms with Gasteiger partial charge in [0.2, 0.25) is 23.7 Å². The molecule has 3 aliphatic heterocycles. The monoisotopic (exact) mass is 941 g/mol. The van der Waals surface area contributed by atoms with E-state index in [4.69, 9.17) is 20.4 Å². The van der Waals surface area contributed by atoms with Crippen LogP contribution >= 0.6 is 11.3 Å². The Labute approximate surface area is 402 Å². The number of carbonyl (C=O) groups is 3. The third-order valence-electron chi connectivity index (χ3n) is 14.4. The van der Waals surface area contributed by atoms with Gasteiger partial charge in [0, 0.05) is 69.1 Å². The predicted molar refractivity (Wildman–Crippen MR) is 263 cm³/mol. The van der Waals surface area contributed by atoms with E-state index in [1.54, 1.807) is 18.4 Å². The number of carbonyl (C=O) groups excluding carboxylic acids is 3. The number of likely N-dealkylation sites (tertiary alicyclic amines) is 1. The van der Waals surface area contributed by atoms with Gasteiger partial charge in [0.15, 0.2) is 5.82 Å². The van der Waals surface area contributed by atoms with Crippen molar-refractivity contribution in [2.45, 2.75) is 122 Å². The van der Waals surface area contributed by atoms with Gasteiger partial charge in [-0.25, -0.2) is 15.0 Å². The van der Waals surface area contributed by atoms with E-state index in [0.717, 1.165) is 102 Å². The van der Waals surface area contributed by atoms with Gasteiger partial charge >= 0.3 is 0 Å². The summed E-state index contributed by atoms with van der Waals surface area (Å²) in [5.41, 5.74) is 14.2. The second kappa shape index (κ2) is 19.8. The second-order valence-corrected chi connectivity index (χ2v) is 20.9. The zero-order valence-electron chi connectivity index (χ0n) is 39.6. The van der Waals surface area contributed by atoms with Crippen molar-refractivity contribution in [3.8, 4) is 27.4 Å². The maximum atomic E-state index is 14.2. The quantitative estimate of drug-likeness (QED) is 0.103. The van der Waals surface area contributed by atoms with Gasteiger partial charge in [-0.3, -0.25) is 14.4 Å². The summed E-state index contributed by atoms with van der Waals surface area (Å²) in [6.07, 6.45) is 9.25. The van der Waals surface area contributed by atoms with Crippen molar-refractivity contribution in [2.24, 2.45) is 11.3 Å². The van der Waals surface area contributed by atoms with E-state index in [1.807, 2.05) is 100 Å². The number of benzene rings is 2. The lowest BCUT2D eigenvalue weighted by atomic mass is 9.78. The summed E-state index contributed by atoms with van der Waals surface area (Å²) in [4.78, 5) is 63.0. The highest BCUT2D eigenvalue weighted by molar-refractivity contribution is 7.13. The number of aliphatic hydroxyl groups excluding tert-OH is 1. The highest BCUT2D eigenvalue weighted by Crippen LogP contribution is 2.40. The van der Waals surface area contributed by atoms with E-state index < -0.39 is 23.6 Å². The van der Waals surface area contributed by atoms with Crippen LogP contribution in [0.25, 0.3) is 21.7 Å². The number of aliphatic hydroxyl groups is 1. The van der Waals surface area contributed by atoms with E-state index in [2.05, 4.69) is 35.6 Å². The van der Waals surface area contributed by atoms with Crippen LogP contribution in [0.2, 0.25) is 0 Å². The fraction of sp³-hybridized carbons (Fsp3) is 0.490. The summed E-state index contributed by atoms with van der Waals surface area (Å²) in [6.45, 7) is 9.57. The molecular formula is C51H63N11O5S. The first-order valence-corrected chi connectivity index (χ1v) is 24.8. The first-order valence-electron chi connectivity index (χ1n) is 23.9.